The highest BCUT2D eigenvalue weighted by Crippen LogP contribution is 2.28. The van der Waals surface area contributed by atoms with Crippen molar-refractivity contribution in [2.24, 2.45) is 0 Å². The molecular formula is C25H24N2O3. The third-order valence-corrected chi connectivity index (χ3v) is 4.63. The molecule has 0 spiro atoms. The van der Waals surface area contributed by atoms with Gasteiger partial charge in [0.25, 0.3) is 0 Å². The van der Waals surface area contributed by atoms with Crippen LogP contribution in [0.3, 0.4) is 0 Å². The monoisotopic (exact) mass is 400 g/mol. The Morgan fingerprint density at radius 1 is 1.00 bits per heavy atom. The quantitative estimate of drug-likeness (QED) is 0.516. The predicted molar refractivity (Wildman–Crippen MR) is 117 cm³/mol. The molecule has 5 nitrogen and oxygen atoms in total. The Labute approximate surface area is 176 Å². The first kappa shape index (κ1) is 20.9. The number of methoxy groups -OCH3 is 1. The number of amides is 1. The first-order valence-electron chi connectivity index (χ1n) is 9.82. The number of nitrogens with one attached hydrogen (secondary N) is 1. The maximum atomic E-state index is 12.4. The summed E-state index contributed by atoms with van der Waals surface area (Å²) in [5, 5.41) is 12.0. The van der Waals surface area contributed by atoms with Crippen LogP contribution >= 0.6 is 0 Å². The topological polar surface area (TPSA) is 71.3 Å². The maximum absolute atomic E-state index is 12.4. The zero-order valence-corrected chi connectivity index (χ0v) is 16.9. The second kappa shape index (κ2) is 10.7. The van der Waals surface area contributed by atoms with Crippen molar-refractivity contribution < 1.29 is 14.3 Å². The van der Waals surface area contributed by atoms with Gasteiger partial charge in [-0.3, -0.25) is 4.79 Å². The summed E-state index contributed by atoms with van der Waals surface area (Å²) in [4.78, 5) is 12.4. The lowest BCUT2D eigenvalue weighted by Crippen LogP contribution is -2.14. The smallest absolute Gasteiger partial charge is 0.224 e. The lowest BCUT2D eigenvalue weighted by Gasteiger charge is -2.12. The lowest BCUT2D eigenvalue weighted by molar-refractivity contribution is -0.116. The number of rotatable bonds is 9. The molecule has 0 aliphatic rings. The molecule has 152 valence electrons. The average Bonchev–Trinajstić information content (AvgIpc) is 2.78. The summed E-state index contributed by atoms with van der Waals surface area (Å²) in [6.07, 6.45) is 1.67. The summed E-state index contributed by atoms with van der Waals surface area (Å²) < 4.78 is 11.0. The summed E-state index contributed by atoms with van der Waals surface area (Å²) in [5.74, 6) is 1.02. The van der Waals surface area contributed by atoms with Gasteiger partial charge in [-0.05, 0) is 42.2 Å². The summed E-state index contributed by atoms with van der Waals surface area (Å²) >= 11 is 0. The number of benzene rings is 3. The van der Waals surface area contributed by atoms with Gasteiger partial charge in [0.2, 0.25) is 5.91 Å². The molecule has 1 N–H and O–H groups in total. The summed E-state index contributed by atoms with van der Waals surface area (Å²) in [6, 6.07) is 25.1. The van der Waals surface area contributed by atoms with Crippen LogP contribution in [0.1, 0.15) is 29.5 Å². The third-order valence-electron chi connectivity index (χ3n) is 4.63. The fraction of sp³-hybridized carbons (Fsp3) is 0.200. The van der Waals surface area contributed by atoms with Crippen LogP contribution in [-0.4, -0.2) is 19.6 Å². The van der Waals surface area contributed by atoms with Crippen LogP contribution in [0.4, 0.5) is 5.69 Å². The van der Waals surface area contributed by atoms with E-state index in [1.165, 1.54) is 12.7 Å². The molecule has 0 radical (unpaired) electrons. The number of hydrogen-bond donors (Lipinski definition) is 1. The van der Waals surface area contributed by atoms with Gasteiger partial charge in [0.05, 0.1) is 25.3 Å². The minimum atomic E-state index is -0.0501. The van der Waals surface area contributed by atoms with Gasteiger partial charge in [0, 0.05) is 18.2 Å². The molecule has 0 fully saturated rings. The van der Waals surface area contributed by atoms with Crippen LogP contribution in [0.15, 0.2) is 72.8 Å². The zero-order chi connectivity index (χ0) is 21.2. The molecule has 0 saturated carbocycles. The molecule has 0 bridgehead atoms. The standard InChI is InChI=1S/C25H24N2O3/c1-29-24-17-20(18-26)13-14-23(24)30-15-7-12-25(28)27-22-11-6-5-10-21(22)16-19-8-3-2-4-9-19/h2-6,8-11,13-14,17H,7,12,15-16H2,1H3,(H,27,28). The number of nitriles is 1. The Morgan fingerprint density at radius 3 is 2.53 bits per heavy atom. The molecule has 0 atom stereocenters. The van der Waals surface area contributed by atoms with Crippen LogP contribution in [0.5, 0.6) is 11.5 Å². The van der Waals surface area contributed by atoms with Crippen LogP contribution < -0.4 is 14.8 Å². The molecule has 1 amide bonds. The number of hydrogen-bond acceptors (Lipinski definition) is 4. The number of nitrogens with zero attached hydrogens (tertiary/aromatic N) is 1. The van der Waals surface area contributed by atoms with E-state index in [2.05, 4.69) is 23.5 Å². The van der Waals surface area contributed by atoms with Gasteiger partial charge >= 0.3 is 0 Å². The molecule has 30 heavy (non-hydrogen) atoms. The Kier molecular flexibility index (Phi) is 7.45. The average molecular weight is 400 g/mol. The Hall–Kier alpha value is -3.78. The fourth-order valence-electron chi connectivity index (χ4n) is 3.10. The van der Waals surface area contributed by atoms with Gasteiger partial charge in [-0.15, -0.1) is 0 Å². The normalized spacial score (nSPS) is 10.1. The first-order chi connectivity index (χ1) is 14.7. The van der Waals surface area contributed by atoms with Crippen molar-refractivity contribution in [2.45, 2.75) is 19.3 Å². The van der Waals surface area contributed by atoms with E-state index in [1.54, 1.807) is 18.2 Å². The number of anilines is 1. The minimum absolute atomic E-state index is 0.0501. The van der Waals surface area contributed by atoms with E-state index in [0.29, 0.717) is 36.5 Å². The van der Waals surface area contributed by atoms with E-state index < -0.39 is 0 Å². The van der Waals surface area contributed by atoms with E-state index in [4.69, 9.17) is 14.7 Å². The number of para-hydroxylation sites is 1. The number of ether oxygens (including phenoxy) is 2. The van der Waals surface area contributed by atoms with Crippen molar-refractivity contribution in [3.8, 4) is 17.6 Å². The summed E-state index contributed by atoms with van der Waals surface area (Å²) in [7, 11) is 1.53. The Balaban J connectivity index is 1.51. The van der Waals surface area contributed by atoms with Crippen LogP contribution in [0.25, 0.3) is 0 Å². The summed E-state index contributed by atoms with van der Waals surface area (Å²) in [5.41, 5.74) is 3.62. The van der Waals surface area contributed by atoms with Crippen LogP contribution in [-0.2, 0) is 11.2 Å². The van der Waals surface area contributed by atoms with Crippen LogP contribution in [0, 0.1) is 11.3 Å². The molecule has 0 saturated heterocycles. The highest BCUT2D eigenvalue weighted by atomic mass is 16.5. The summed E-state index contributed by atoms with van der Waals surface area (Å²) in [6.45, 7) is 0.376. The Morgan fingerprint density at radius 2 is 1.77 bits per heavy atom. The molecular weight excluding hydrogens is 376 g/mol. The van der Waals surface area contributed by atoms with Crippen molar-refractivity contribution in [3.63, 3.8) is 0 Å². The molecule has 0 aliphatic carbocycles. The van der Waals surface area contributed by atoms with E-state index in [1.807, 2.05) is 42.5 Å². The van der Waals surface area contributed by atoms with Crippen LogP contribution in [0.2, 0.25) is 0 Å². The lowest BCUT2D eigenvalue weighted by atomic mass is 10.0. The SMILES string of the molecule is COc1cc(C#N)ccc1OCCCC(=O)Nc1ccccc1Cc1ccccc1. The Bertz CT molecular complexity index is 1030. The van der Waals surface area contributed by atoms with Gasteiger partial charge in [0.1, 0.15) is 0 Å². The third kappa shape index (κ3) is 5.86. The molecule has 3 aromatic rings. The van der Waals surface area contributed by atoms with Gasteiger partial charge in [-0.1, -0.05) is 48.5 Å². The molecule has 0 unspecified atom stereocenters. The van der Waals surface area contributed by atoms with Crippen molar-refractivity contribution in [3.05, 3.63) is 89.5 Å². The first-order valence-corrected chi connectivity index (χ1v) is 9.82. The fourth-order valence-corrected chi connectivity index (χ4v) is 3.10. The van der Waals surface area contributed by atoms with Crippen molar-refractivity contribution >= 4 is 11.6 Å². The van der Waals surface area contributed by atoms with E-state index in [0.717, 1.165) is 17.7 Å². The number of carbonyl (C=O) groups excluding carboxylic acids is 1. The van der Waals surface area contributed by atoms with Gasteiger partial charge in [-0.25, -0.2) is 0 Å². The van der Waals surface area contributed by atoms with Crippen molar-refractivity contribution in [2.75, 3.05) is 19.0 Å². The van der Waals surface area contributed by atoms with E-state index in [9.17, 15) is 4.79 Å². The van der Waals surface area contributed by atoms with Crippen molar-refractivity contribution in [1.82, 2.24) is 0 Å². The second-order valence-electron chi connectivity index (χ2n) is 6.80. The molecule has 3 aromatic carbocycles. The molecule has 0 aliphatic heterocycles. The van der Waals surface area contributed by atoms with Gasteiger partial charge < -0.3 is 14.8 Å². The second-order valence-corrected chi connectivity index (χ2v) is 6.80. The van der Waals surface area contributed by atoms with Gasteiger partial charge in [-0.2, -0.15) is 5.26 Å². The molecule has 5 heteroatoms. The largest absolute Gasteiger partial charge is 0.493 e. The molecule has 3 rings (SSSR count). The zero-order valence-electron chi connectivity index (χ0n) is 16.9. The van der Waals surface area contributed by atoms with Crippen molar-refractivity contribution in [1.29, 1.82) is 5.26 Å². The van der Waals surface area contributed by atoms with Gasteiger partial charge in [0.15, 0.2) is 11.5 Å². The highest BCUT2D eigenvalue weighted by Gasteiger charge is 2.09. The molecule has 0 aromatic heterocycles. The maximum Gasteiger partial charge on any atom is 0.224 e. The molecule has 0 heterocycles. The van der Waals surface area contributed by atoms with E-state index in [-0.39, 0.29) is 5.91 Å². The minimum Gasteiger partial charge on any atom is -0.493 e. The van der Waals surface area contributed by atoms with E-state index >= 15 is 0 Å². The predicted octanol–water partition coefficient (Wildman–Crippen LogP) is 4.96. The number of carbonyl (C=O) groups is 1. The highest BCUT2D eigenvalue weighted by molar-refractivity contribution is 5.91.